The lowest BCUT2D eigenvalue weighted by atomic mass is 10.3. The van der Waals surface area contributed by atoms with Crippen LogP contribution in [-0.4, -0.2) is 38.7 Å². The molecule has 24 heavy (non-hydrogen) atoms. The highest BCUT2D eigenvalue weighted by atomic mass is 16.3. The monoisotopic (exact) mass is 325 g/mol. The van der Waals surface area contributed by atoms with Crippen LogP contribution in [0.4, 0.5) is 5.82 Å². The van der Waals surface area contributed by atoms with Gasteiger partial charge in [0.2, 0.25) is 0 Å². The van der Waals surface area contributed by atoms with Crippen LogP contribution in [0.1, 0.15) is 17.0 Å². The van der Waals surface area contributed by atoms with Crippen LogP contribution in [-0.2, 0) is 6.54 Å². The second-order valence-electron chi connectivity index (χ2n) is 4.90. The minimum atomic E-state index is -0.265. The van der Waals surface area contributed by atoms with E-state index >= 15 is 0 Å². The van der Waals surface area contributed by atoms with Gasteiger partial charge in [0.1, 0.15) is 12.1 Å². The van der Waals surface area contributed by atoms with Crippen molar-refractivity contribution >= 4 is 22.8 Å². The molecule has 122 valence electrons. The molecule has 9 nitrogen and oxygen atoms in total. The van der Waals surface area contributed by atoms with Crippen LogP contribution in [0.5, 0.6) is 0 Å². The van der Waals surface area contributed by atoms with Gasteiger partial charge in [0.05, 0.1) is 36.9 Å². The highest BCUT2D eigenvalue weighted by molar-refractivity contribution is 5.91. The molecular formula is C15H15N7O2. The van der Waals surface area contributed by atoms with Crippen LogP contribution in [0.25, 0.3) is 11.0 Å². The third-order valence-electron chi connectivity index (χ3n) is 3.32. The van der Waals surface area contributed by atoms with Gasteiger partial charge in [-0.1, -0.05) is 0 Å². The Morgan fingerprint density at radius 1 is 1.38 bits per heavy atom. The second-order valence-corrected chi connectivity index (χ2v) is 4.90. The molecule has 0 spiro atoms. The quantitative estimate of drug-likeness (QED) is 0.625. The lowest BCUT2D eigenvalue weighted by molar-refractivity contribution is 0.0927. The van der Waals surface area contributed by atoms with E-state index in [9.17, 15) is 4.79 Å². The Kier molecular flexibility index (Phi) is 4.67. The van der Waals surface area contributed by atoms with Gasteiger partial charge in [0, 0.05) is 13.1 Å². The molecule has 0 fully saturated rings. The zero-order valence-corrected chi connectivity index (χ0v) is 12.8. The summed E-state index contributed by atoms with van der Waals surface area (Å²) in [6.45, 7) is 1.38. The zero-order chi connectivity index (χ0) is 16.8. The minimum absolute atomic E-state index is 0.265. The maximum absolute atomic E-state index is 11.7. The van der Waals surface area contributed by atoms with Crippen LogP contribution in [0.15, 0.2) is 35.3 Å². The van der Waals surface area contributed by atoms with Crippen molar-refractivity contribution in [3.8, 4) is 6.07 Å². The average Bonchev–Trinajstić information content (AvgIpc) is 3.26. The molecule has 0 aliphatic heterocycles. The fraction of sp³-hybridized carbons (Fsp3) is 0.267. The fourth-order valence-electron chi connectivity index (χ4n) is 2.21. The largest absolute Gasteiger partial charge is 0.459 e. The summed E-state index contributed by atoms with van der Waals surface area (Å²) in [4.78, 5) is 20.1. The van der Waals surface area contributed by atoms with Gasteiger partial charge in [-0.3, -0.25) is 4.79 Å². The molecule has 0 saturated heterocycles. The van der Waals surface area contributed by atoms with E-state index in [1.165, 1.54) is 12.6 Å². The SMILES string of the molecule is N#CCCn1ncc2c(NCCNC(=O)c3ccco3)ncnc21. The number of nitriles is 1. The minimum Gasteiger partial charge on any atom is -0.459 e. The lowest BCUT2D eigenvalue weighted by Crippen LogP contribution is -2.28. The number of rotatable bonds is 7. The van der Waals surface area contributed by atoms with Crippen LogP contribution in [0, 0.1) is 11.3 Å². The number of furan rings is 1. The summed E-state index contributed by atoms with van der Waals surface area (Å²) < 4.78 is 6.69. The molecule has 3 aromatic rings. The van der Waals surface area contributed by atoms with Crippen LogP contribution >= 0.6 is 0 Å². The second kappa shape index (κ2) is 7.23. The van der Waals surface area contributed by atoms with E-state index in [1.54, 1.807) is 23.0 Å². The zero-order valence-electron chi connectivity index (χ0n) is 12.8. The summed E-state index contributed by atoms with van der Waals surface area (Å²) in [6, 6.07) is 5.35. The number of aromatic nitrogens is 4. The van der Waals surface area contributed by atoms with E-state index in [1.807, 2.05) is 0 Å². The predicted molar refractivity (Wildman–Crippen MR) is 85.1 cm³/mol. The first-order chi connectivity index (χ1) is 11.8. The molecular weight excluding hydrogens is 310 g/mol. The van der Waals surface area contributed by atoms with Crippen molar-refractivity contribution in [1.29, 1.82) is 5.26 Å². The summed E-state index contributed by atoms with van der Waals surface area (Å²) in [6.07, 6.45) is 4.92. The summed E-state index contributed by atoms with van der Waals surface area (Å²) in [7, 11) is 0. The van der Waals surface area contributed by atoms with E-state index in [0.717, 1.165) is 5.39 Å². The number of carbonyl (C=O) groups is 1. The van der Waals surface area contributed by atoms with Gasteiger partial charge in [-0.05, 0) is 12.1 Å². The fourth-order valence-corrected chi connectivity index (χ4v) is 2.21. The van der Waals surface area contributed by atoms with Gasteiger partial charge < -0.3 is 15.1 Å². The molecule has 0 unspecified atom stereocenters. The number of carbonyl (C=O) groups excluding carboxylic acids is 1. The van der Waals surface area contributed by atoms with E-state index in [2.05, 4.69) is 31.8 Å². The van der Waals surface area contributed by atoms with Gasteiger partial charge in [0.15, 0.2) is 11.4 Å². The van der Waals surface area contributed by atoms with Crippen molar-refractivity contribution in [2.75, 3.05) is 18.4 Å². The predicted octanol–water partition coefficient (Wildman–Crippen LogP) is 1.17. The summed E-state index contributed by atoms with van der Waals surface area (Å²) in [5.41, 5.74) is 0.669. The van der Waals surface area contributed by atoms with Crippen molar-refractivity contribution in [3.63, 3.8) is 0 Å². The number of aryl methyl sites for hydroxylation is 1. The Hall–Kier alpha value is -3.41. The van der Waals surface area contributed by atoms with E-state index in [-0.39, 0.29) is 11.7 Å². The molecule has 0 aliphatic rings. The summed E-state index contributed by atoms with van der Waals surface area (Å²) in [5, 5.41) is 19.6. The lowest BCUT2D eigenvalue weighted by Gasteiger charge is -2.07. The molecule has 0 atom stereocenters. The van der Waals surface area contributed by atoms with Crippen molar-refractivity contribution in [1.82, 2.24) is 25.1 Å². The van der Waals surface area contributed by atoms with Gasteiger partial charge >= 0.3 is 0 Å². The van der Waals surface area contributed by atoms with E-state index in [4.69, 9.17) is 9.68 Å². The Morgan fingerprint density at radius 2 is 2.29 bits per heavy atom. The molecule has 3 rings (SSSR count). The van der Waals surface area contributed by atoms with Crippen molar-refractivity contribution in [2.45, 2.75) is 13.0 Å². The molecule has 3 heterocycles. The number of nitrogens with one attached hydrogen (secondary N) is 2. The first-order valence-electron chi connectivity index (χ1n) is 7.38. The topological polar surface area (TPSA) is 122 Å². The Labute approximate surface area is 137 Å². The van der Waals surface area contributed by atoms with Gasteiger partial charge in [-0.2, -0.15) is 10.4 Å². The highest BCUT2D eigenvalue weighted by Gasteiger charge is 2.10. The molecule has 9 heteroatoms. The maximum atomic E-state index is 11.7. The highest BCUT2D eigenvalue weighted by Crippen LogP contribution is 2.18. The molecule has 0 saturated carbocycles. The molecule has 0 aromatic carbocycles. The summed E-state index contributed by atoms with van der Waals surface area (Å²) in [5.74, 6) is 0.646. The van der Waals surface area contributed by atoms with Gasteiger partial charge in [-0.25, -0.2) is 14.6 Å². The van der Waals surface area contributed by atoms with Crippen LogP contribution < -0.4 is 10.6 Å². The Balaban J connectivity index is 1.58. The number of nitrogens with zero attached hydrogens (tertiary/aromatic N) is 5. The van der Waals surface area contributed by atoms with Crippen molar-refractivity contribution in [2.24, 2.45) is 0 Å². The average molecular weight is 325 g/mol. The van der Waals surface area contributed by atoms with Gasteiger partial charge in [-0.15, -0.1) is 0 Å². The van der Waals surface area contributed by atoms with Crippen LogP contribution in [0.2, 0.25) is 0 Å². The number of hydrogen-bond acceptors (Lipinski definition) is 7. The van der Waals surface area contributed by atoms with Crippen LogP contribution in [0.3, 0.4) is 0 Å². The summed E-state index contributed by atoms with van der Waals surface area (Å²) >= 11 is 0. The van der Waals surface area contributed by atoms with E-state index < -0.39 is 0 Å². The van der Waals surface area contributed by atoms with Gasteiger partial charge in [0.25, 0.3) is 5.91 Å². The number of fused-ring (bicyclic) bond motifs is 1. The standard InChI is InChI=1S/C15H15N7O2/c16-4-2-7-22-14-11(9-21-22)13(19-10-20-14)17-5-6-18-15(23)12-3-1-8-24-12/h1,3,8-10H,2,5-7H2,(H,18,23)(H,17,19,20). The normalized spacial score (nSPS) is 10.5. The third kappa shape index (κ3) is 3.33. The number of amides is 1. The third-order valence-corrected chi connectivity index (χ3v) is 3.32. The first kappa shape index (κ1) is 15.5. The smallest absolute Gasteiger partial charge is 0.287 e. The maximum Gasteiger partial charge on any atom is 0.287 e. The Bertz CT molecular complexity index is 864. The number of hydrogen-bond donors (Lipinski definition) is 2. The molecule has 2 N–H and O–H groups in total. The van der Waals surface area contributed by atoms with Crippen molar-refractivity contribution in [3.05, 3.63) is 36.7 Å². The molecule has 1 amide bonds. The molecule has 0 radical (unpaired) electrons. The Morgan fingerprint density at radius 3 is 3.08 bits per heavy atom. The number of anilines is 1. The molecule has 0 bridgehead atoms. The van der Waals surface area contributed by atoms with Crippen molar-refractivity contribution < 1.29 is 9.21 Å². The molecule has 0 aliphatic carbocycles. The molecule has 3 aromatic heterocycles. The van der Waals surface area contributed by atoms with E-state index in [0.29, 0.717) is 37.5 Å². The first-order valence-corrected chi connectivity index (χ1v) is 7.38.